The topological polar surface area (TPSA) is 62.6 Å². The Morgan fingerprint density at radius 3 is 2.87 bits per heavy atom. The summed E-state index contributed by atoms with van der Waals surface area (Å²) in [4.78, 5) is 27.5. The van der Waals surface area contributed by atoms with E-state index < -0.39 is 5.54 Å². The molecule has 2 atom stereocenters. The average Bonchev–Trinajstić information content (AvgIpc) is 3.26. The summed E-state index contributed by atoms with van der Waals surface area (Å²) in [6.45, 7) is 0.617. The van der Waals surface area contributed by atoms with Crippen molar-refractivity contribution in [2.75, 3.05) is 13.1 Å². The van der Waals surface area contributed by atoms with Gasteiger partial charge in [-0.25, -0.2) is 4.39 Å². The van der Waals surface area contributed by atoms with Crippen LogP contribution in [0.2, 0.25) is 5.02 Å². The molecule has 0 unspecified atom stereocenters. The first-order valence-electron chi connectivity index (χ1n) is 10.5. The summed E-state index contributed by atoms with van der Waals surface area (Å²) in [7, 11) is 0. The lowest BCUT2D eigenvalue weighted by Crippen LogP contribution is -2.53. The van der Waals surface area contributed by atoms with Crippen LogP contribution < -0.4 is 5.32 Å². The van der Waals surface area contributed by atoms with E-state index in [2.05, 4.69) is 5.32 Å². The first-order valence-corrected chi connectivity index (χ1v) is 10.9. The lowest BCUT2D eigenvalue weighted by molar-refractivity contribution is -0.122. The molecule has 1 aromatic heterocycles. The second kappa shape index (κ2) is 7.68. The van der Waals surface area contributed by atoms with Crippen LogP contribution in [0.15, 0.2) is 52.9 Å². The molecule has 0 bridgehead atoms. The first kappa shape index (κ1) is 20.1. The van der Waals surface area contributed by atoms with E-state index in [4.69, 9.17) is 16.0 Å². The summed E-state index contributed by atoms with van der Waals surface area (Å²) in [5.41, 5.74) is 0.410. The smallest absolute Gasteiger partial charge is 0.289 e. The van der Waals surface area contributed by atoms with Gasteiger partial charge in [0.05, 0.1) is 5.54 Å². The maximum atomic E-state index is 14.8. The molecule has 160 valence electrons. The Balaban J connectivity index is 1.52. The second-order valence-electron chi connectivity index (χ2n) is 8.46. The monoisotopic (exact) mass is 440 g/mol. The molecule has 31 heavy (non-hydrogen) atoms. The zero-order valence-corrected chi connectivity index (χ0v) is 17.6. The third kappa shape index (κ3) is 3.59. The van der Waals surface area contributed by atoms with Crippen molar-refractivity contribution >= 4 is 34.4 Å². The van der Waals surface area contributed by atoms with Crippen molar-refractivity contribution in [3.63, 3.8) is 0 Å². The van der Waals surface area contributed by atoms with E-state index >= 15 is 0 Å². The number of halogens is 2. The van der Waals surface area contributed by atoms with Crippen molar-refractivity contribution in [2.45, 2.75) is 37.1 Å². The van der Waals surface area contributed by atoms with Gasteiger partial charge in [0.2, 0.25) is 5.91 Å². The second-order valence-corrected chi connectivity index (χ2v) is 8.90. The van der Waals surface area contributed by atoms with Gasteiger partial charge in [-0.05, 0) is 48.7 Å². The van der Waals surface area contributed by atoms with Crippen LogP contribution in [0.1, 0.15) is 47.7 Å². The van der Waals surface area contributed by atoms with E-state index in [1.165, 1.54) is 6.07 Å². The highest BCUT2D eigenvalue weighted by molar-refractivity contribution is 6.31. The van der Waals surface area contributed by atoms with E-state index in [-0.39, 0.29) is 29.3 Å². The Kier molecular flexibility index (Phi) is 4.97. The average molecular weight is 441 g/mol. The molecule has 3 aromatic rings. The third-order valence-corrected chi connectivity index (χ3v) is 6.70. The highest BCUT2D eigenvalue weighted by atomic mass is 35.5. The lowest BCUT2D eigenvalue weighted by atomic mass is 9.78. The number of nitrogens with one attached hydrogen (secondary N) is 1. The number of amides is 2. The molecular weight excluding hydrogens is 419 g/mol. The molecule has 1 N–H and O–H groups in total. The Morgan fingerprint density at radius 2 is 2.03 bits per heavy atom. The molecule has 0 saturated carbocycles. The van der Waals surface area contributed by atoms with Crippen LogP contribution in [0.4, 0.5) is 4.39 Å². The number of nitrogens with zero attached hydrogens (tertiary/aromatic N) is 1. The number of hydrogen-bond acceptors (Lipinski definition) is 3. The molecular formula is C24H22ClFN2O3. The van der Waals surface area contributed by atoms with Crippen LogP contribution in [0.25, 0.3) is 11.0 Å². The molecule has 2 aliphatic heterocycles. The number of fused-ring (bicyclic) bond motifs is 1. The fourth-order valence-electron chi connectivity index (χ4n) is 5.00. The van der Waals surface area contributed by atoms with Crippen molar-refractivity contribution in [2.24, 2.45) is 0 Å². The van der Waals surface area contributed by atoms with E-state index in [1.54, 1.807) is 47.4 Å². The summed E-state index contributed by atoms with van der Waals surface area (Å²) in [6, 6.07) is 13.5. The molecule has 7 heteroatoms. The SMILES string of the molecule is O=C1CCCC[C@]2(CN(C(=O)c3cc4cc(Cl)ccc4o3)C[C@H]2c2ccccc2F)N1. The van der Waals surface area contributed by atoms with Crippen LogP contribution in [0, 0.1) is 5.82 Å². The number of carbonyl (C=O) groups excluding carboxylic acids is 2. The van der Waals surface area contributed by atoms with Gasteiger partial charge in [-0.2, -0.15) is 0 Å². The number of carbonyl (C=O) groups is 2. The van der Waals surface area contributed by atoms with Gasteiger partial charge in [-0.1, -0.05) is 36.2 Å². The summed E-state index contributed by atoms with van der Waals surface area (Å²) in [5.74, 6) is -0.770. The summed E-state index contributed by atoms with van der Waals surface area (Å²) in [6.07, 6.45) is 2.77. The normalized spacial score (nSPS) is 23.9. The maximum absolute atomic E-state index is 14.8. The van der Waals surface area contributed by atoms with Gasteiger partial charge in [0.15, 0.2) is 5.76 Å². The minimum atomic E-state index is -0.694. The van der Waals surface area contributed by atoms with Gasteiger partial charge in [0.1, 0.15) is 11.4 Å². The predicted molar refractivity (Wildman–Crippen MR) is 116 cm³/mol. The van der Waals surface area contributed by atoms with Crippen molar-refractivity contribution < 1.29 is 18.4 Å². The Hall–Kier alpha value is -2.86. The molecule has 2 saturated heterocycles. The molecule has 0 radical (unpaired) electrons. The van der Waals surface area contributed by atoms with Crippen molar-refractivity contribution in [3.05, 3.63) is 70.7 Å². The fraction of sp³-hybridized carbons (Fsp3) is 0.333. The van der Waals surface area contributed by atoms with Crippen molar-refractivity contribution in [1.82, 2.24) is 10.2 Å². The molecule has 2 fully saturated rings. The minimum absolute atomic E-state index is 0.0495. The zero-order chi connectivity index (χ0) is 21.6. The largest absolute Gasteiger partial charge is 0.451 e. The van der Waals surface area contributed by atoms with Crippen LogP contribution in [0.3, 0.4) is 0 Å². The highest BCUT2D eigenvalue weighted by Gasteiger charge is 2.51. The molecule has 3 heterocycles. The molecule has 1 spiro atoms. The Morgan fingerprint density at radius 1 is 1.19 bits per heavy atom. The van der Waals surface area contributed by atoms with Gasteiger partial charge in [0, 0.05) is 35.8 Å². The van der Waals surface area contributed by atoms with E-state index in [0.29, 0.717) is 42.1 Å². The lowest BCUT2D eigenvalue weighted by Gasteiger charge is -2.34. The molecule has 0 aliphatic carbocycles. The van der Waals surface area contributed by atoms with Crippen molar-refractivity contribution in [1.29, 1.82) is 0 Å². The van der Waals surface area contributed by atoms with Crippen LogP contribution in [0.5, 0.6) is 0 Å². The number of likely N-dealkylation sites (tertiary alicyclic amines) is 1. The van der Waals surface area contributed by atoms with E-state index in [1.807, 2.05) is 0 Å². The van der Waals surface area contributed by atoms with Gasteiger partial charge < -0.3 is 14.6 Å². The molecule has 5 rings (SSSR count). The van der Waals surface area contributed by atoms with E-state index in [0.717, 1.165) is 18.2 Å². The zero-order valence-electron chi connectivity index (χ0n) is 16.9. The van der Waals surface area contributed by atoms with Crippen LogP contribution in [-0.4, -0.2) is 35.3 Å². The van der Waals surface area contributed by atoms with Gasteiger partial charge in [0.25, 0.3) is 5.91 Å². The first-order chi connectivity index (χ1) is 14.9. The van der Waals surface area contributed by atoms with Gasteiger partial charge in [-0.15, -0.1) is 0 Å². The standard InChI is InChI=1S/C24H22ClFN2O3/c25-16-8-9-20-15(11-16)12-21(31-20)23(30)28-13-18(17-5-1-2-6-19(17)26)24(14-28)10-4-3-7-22(29)27-24/h1-2,5-6,8-9,11-12,18H,3-4,7,10,13-14H2,(H,27,29)/t18-,24+/m0/s1. The molecule has 2 amide bonds. The van der Waals surface area contributed by atoms with Gasteiger partial charge in [-0.3, -0.25) is 9.59 Å². The summed E-state index contributed by atoms with van der Waals surface area (Å²) < 4.78 is 20.5. The molecule has 2 aromatic carbocycles. The van der Waals surface area contributed by atoms with Crippen LogP contribution in [-0.2, 0) is 4.79 Å². The van der Waals surface area contributed by atoms with E-state index in [9.17, 15) is 14.0 Å². The highest BCUT2D eigenvalue weighted by Crippen LogP contribution is 2.42. The van der Waals surface area contributed by atoms with Crippen molar-refractivity contribution in [3.8, 4) is 0 Å². The van der Waals surface area contributed by atoms with Gasteiger partial charge >= 0.3 is 0 Å². The minimum Gasteiger partial charge on any atom is -0.451 e. The summed E-state index contributed by atoms with van der Waals surface area (Å²) >= 11 is 6.05. The number of furan rings is 1. The molecule has 2 aliphatic rings. The van der Waals surface area contributed by atoms with Crippen LogP contribution >= 0.6 is 11.6 Å². The maximum Gasteiger partial charge on any atom is 0.289 e. The molecule has 5 nitrogen and oxygen atoms in total. The predicted octanol–water partition coefficient (Wildman–Crippen LogP) is 4.89. The summed E-state index contributed by atoms with van der Waals surface area (Å²) in [5, 5.41) is 4.46. The quantitative estimate of drug-likeness (QED) is 0.616. The Bertz CT molecular complexity index is 1180. The number of benzene rings is 2. The fourth-order valence-corrected chi connectivity index (χ4v) is 5.18. The number of hydrogen-bond donors (Lipinski definition) is 1. The third-order valence-electron chi connectivity index (χ3n) is 6.47. The Labute approximate surface area is 184 Å². The number of rotatable bonds is 2.